The number of hydrogen-bond donors (Lipinski definition) is 1. The van der Waals surface area contributed by atoms with Gasteiger partial charge >= 0.3 is 0 Å². The van der Waals surface area contributed by atoms with E-state index >= 15 is 0 Å². The van der Waals surface area contributed by atoms with Gasteiger partial charge in [0.05, 0.1) is 17.0 Å². The minimum absolute atomic E-state index is 0.0161. The highest BCUT2D eigenvalue weighted by Gasteiger charge is 2.16. The van der Waals surface area contributed by atoms with E-state index in [1.807, 2.05) is 29.1 Å². The molecule has 3 aromatic rings. The molecule has 0 bridgehead atoms. The van der Waals surface area contributed by atoms with Crippen molar-refractivity contribution in [3.8, 4) is 9.88 Å². The van der Waals surface area contributed by atoms with Gasteiger partial charge in [-0.25, -0.2) is 9.97 Å². The Labute approximate surface area is 181 Å². The third kappa shape index (κ3) is 4.79. The van der Waals surface area contributed by atoms with Crippen molar-refractivity contribution in [3.63, 3.8) is 0 Å². The molecular weight excluding hydrogens is 456 g/mol. The SMILES string of the molecule is O=C(Cc1csc(-c2cc(Br)cs2)n1)NCc1cccnc1N1CCCCC1. The first-order chi connectivity index (χ1) is 13.7. The van der Waals surface area contributed by atoms with Crippen molar-refractivity contribution < 1.29 is 4.79 Å². The van der Waals surface area contributed by atoms with Gasteiger partial charge in [0.15, 0.2) is 0 Å². The van der Waals surface area contributed by atoms with Gasteiger partial charge in [-0.2, -0.15) is 0 Å². The molecule has 5 nitrogen and oxygen atoms in total. The summed E-state index contributed by atoms with van der Waals surface area (Å²) in [5.74, 6) is 0.986. The molecule has 1 N–H and O–H groups in total. The largest absolute Gasteiger partial charge is 0.356 e. The number of pyridine rings is 1. The standard InChI is InChI=1S/C20H21BrN4OS2/c21-15-9-17(27-12-15)20-24-16(13-28-20)10-18(26)23-11-14-5-4-6-22-19(14)25-7-2-1-3-8-25/h4-6,9,12-13H,1-3,7-8,10-11H2,(H,23,26). The summed E-state index contributed by atoms with van der Waals surface area (Å²) < 4.78 is 1.06. The number of rotatable bonds is 6. The highest BCUT2D eigenvalue weighted by Crippen LogP contribution is 2.32. The van der Waals surface area contributed by atoms with Crippen LogP contribution in [0.5, 0.6) is 0 Å². The molecule has 0 spiro atoms. The van der Waals surface area contributed by atoms with Gasteiger partial charge < -0.3 is 10.2 Å². The molecule has 1 aliphatic heterocycles. The molecule has 1 fully saturated rings. The molecule has 0 aliphatic carbocycles. The molecule has 0 atom stereocenters. The van der Waals surface area contributed by atoms with Crippen molar-refractivity contribution in [2.75, 3.05) is 18.0 Å². The normalized spacial score (nSPS) is 14.2. The number of piperidine rings is 1. The summed E-state index contributed by atoms with van der Waals surface area (Å²) in [5.41, 5.74) is 1.88. The van der Waals surface area contributed by atoms with Gasteiger partial charge in [-0.1, -0.05) is 6.07 Å². The second kappa shape index (κ2) is 9.15. The van der Waals surface area contributed by atoms with E-state index in [1.165, 1.54) is 19.3 Å². The van der Waals surface area contributed by atoms with Crippen LogP contribution in [-0.4, -0.2) is 29.0 Å². The molecule has 146 valence electrons. The topological polar surface area (TPSA) is 58.1 Å². The zero-order chi connectivity index (χ0) is 19.3. The lowest BCUT2D eigenvalue weighted by atomic mass is 10.1. The second-order valence-electron chi connectivity index (χ2n) is 6.76. The van der Waals surface area contributed by atoms with Crippen molar-refractivity contribution in [2.24, 2.45) is 0 Å². The van der Waals surface area contributed by atoms with E-state index in [0.29, 0.717) is 13.0 Å². The number of amides is 1. The maximum atomic E-state index is 12.4. The lowest BCUT2D eigenvalue weighted by molar-refractivity contribution is -0.120. The van der Waals surface area contributed by atoms with Crippen LogP contribution in [0.2, 0.25) is 0 Å². The molecule has 1 saturated heterocycles. The number of halogens is 1. The molecule has 0 aromatic carbocycles. The molecule has 3 aromatic heterocycles. The lowest BCUT2D eigenvalue weighted by Gasteiger charge is -2.29. The van der Waals surface area contributed by atoms with Gasteiger partial charge in [0.2, 0.25) is 5.91 Å². The Morgan fingerprint density at radius 3 is 2.86 bits per heavy atom. The lowest BCUT2D eigenvalue weighted by Crippen LogP contribution is -2.32. The maximum Gasteiger partial charge on any atom is 0.226 e. The second-order valence-corrected chi connectivity index (χ2v) is 9.45. The minimum atomic E-state index is -0.0161. The first-order valence-electron chi connectivity index (χ1n) is 9.33. The number of thiophene rings is 1. The van der Waals surface area contributed by atoms with Gasteiger partial charge in [0, 0.05) is 46.6 Å². The summed E-state index contributed by atoms with van der Waals surface area (Å²) in [5, 5.41) is 7.99. The van der Waals surface area contributed by atoms with Crippen molar-refractivity contribution in [1.82, 2.24) is 15.3 Å². The average Bonchev–Trinajstić information content (AvgIpc) is 3.36. The molecule has 28 heavy (non-hydrogen) atoms. The van der Waals surface area contributed by atoms with E-state index in [4.69, 9.17) is 0 Å². The molecule has 0 radical (unpaired) electrons. The van der Waals surface area contributed by atoms with E-state index in [2.05, 4.69) is 42.2 Å². The van der Waals surface area contributed by atoms with Crippen molar-refractivity contribution in [1.29, 1.82) is 0 Å². The fourth-order valence-electron chi connectivity index (χ4n) is 3.31. The predicted molar refractivity (Wildman–Crippen MR) is 119 cm³/mol. The zero-order valence-corrected chi connectivity index (χ0v) is 18.6. The number of nitrogens with zero attached hydrogens (tertiary/aromatic N) is 3. The molecule has 1 aliphatic rings. The Morgan fingerprint density at radius 1 is 1.21 bits per heavy atom. The van der Waals surface area contributed by atoms with E-state index in [1.54, 1.807) is 22.7 Å². The molecule has 0 unspecified atom stereocenters. The van der Waals surface area contributed by atoms with Crippen LogP contribution in [-0.2, 0) is 17.8 Å². The van der Waals surface area contributed by atoms with E-state index in [9.17, 15) is 4.79 Å². The Morgan fingerprint density at radius 2 is 2.07 bits per heavy atom. The van der Waals surface area contributed by atoms with Crippen LogP contribution in [0.1, 0.15) is 30.5 Å². The Bertz CT molecular complexity index is 949. The quantitative estimate of drug-likeness (QED) is 0.550. The summed E-state index contributed by atoms with van der Waals surface area (Å²) in [7, 11) is 0. The fraction of sp³-hybridized carbons (Fsp3) is 0.350. The monoisotopic (exact) mass is 476 g/mol. The van der Waals surface area contributed by atoms with Crippen LogP contribution >= 0.6 is 38.6 Å². The number of nitrogens with one attached hydrogen (secondary N) is 1. The number of carbonyl (C=O) groups is 1. The van der Waals surface area contributed by atoms with Crippen LogP contribution in [0.4, 0.5) is 5.82 Å². The first kappa shape index (κ1) is 19.5. The van der Waals surface area contributed by atoms with Gasteiger partial charge in [0.25, 0.3) is 0 Å². The molecule has 8 heteroatoms. The van der Waals surface area contributed by atoms with Crippen LogP contribution < -0.4 is 10.2 Å². The Kier molecular flexibility index (Phi) is 6.39. The first-order valence-corrected chi connectivity index (χ1v) is 11.9. The molecular formula is C20H21BrN4OS2. The highest BCUT2D eigenvalue weighted by atomic mass is 79.9. The van der Waals surface area contributed by atoms with Crippen LogP contribution in [0.15, 0.2) is 39.6 Å². The van der Waals surface area contributed by atoms with Crippen molar-refractivity contribution >= 4 is 50.3 Å². The molecule has 4 heterocycles. The Balaban J connectivity index is 1.36. The predicted octanol–water partition coefficient (Wildman–Crippen LogP) is 4.88. The average molecular weight is 477 g/mol. The number of anilines is 1. The maximum absolute atomic E-state index is 12.4. The smallest absolute Gasteiger partial charge is 0.226 e. The van der Waals surface area contributed by atoms with E-state index < -0.39 is 0 Å². The highest BCUT2D eigenvalue weighted by molar-refractivity contribution is 9.10. The third-order valence-electron chi connectivity index (χ3n) is 4.67. The Hall–Kier alpha value is -1.77. The molecule has 0 saturated carbocycles. The number of aromatic nitrogens is 2. The summed E-state index contributed by atoms with van der Waals surface area (Å²) in [4.78, 5) is 25.1. The number of carbonyl (C=O) groups excluding carboxylic acids is 1. The zero-order valence-electron chi connectivity index (χ0n) is 15.4. The fourth-order valence-corrected chi connectivity index (χ4v) is 5.63. The summed E-state index contributed by atoms with van der Waals surface area (Å²) in [6.07, 6.45) is 5.81. The van der Waals surface area contributed by atoms with Crippen molar-refractivity contribution in [2.45, 2.75) is 32.2 Å². The van der Waals surface area contributed by atoms with E-state index in [-0.39, 0.29) is 5.91 Å². The number of hydrogen-bond acceptors (Lipinski definition) is 6. The van der Waals surface area contributed by atoms with E-state index in [0.717, 1.165) is 44.5 Å². The van der Waals surface area contributed by atoms with Gasteiger partial charge in [-0.3, -0.25) is 4.79 Å². The van der Waals surface area contributed by atoms with Gasteiger partial charge in [-0.05, 0) is 47.3 Å². The third-order valence-corrected chi connectivity index (χ3v) is 7.42. The summed E-state index contributed by atoms with van der Waals surface area (Å²) in [6.45, 7) is 2.57. The van der Waals surface area contributed by atoms with Crippen LogP contribution in [0, 0.1) is 0 Å². The van der Waals surface area contributed by atoms with Crippen molar-refractivity contribution in [3.05, 3.63) is 50.9 Å². The minimum Gasteiger partial charge on any atom is -0.356 e. The summed E-state index contributed by atoms with van der Waals surface area (Å²) >= 11 is 6.69. The van der Waals surface area contributed by atoms with Gasteiger partial charge in [-0.15, -0.1) is 22.7 Å². The molecule has 1 amide bonds. The molecule has 4 rings (SSSR count). The van der Waals surface area contributed by atoms with Gasteiger partial charge in [0.1, 0.15) is 10.8 Å². The summed E-state index contributed by atoms with van der Waals surface area (Å²) in [6, 6.07) is 6.03. The number of thiazole rings is 1. The van der Waals surface area contributed by atoms with Crippen LogP contribution in [0.25, 0.3) is 9.88 Å². The van der Waals surface area contributed by atoms with Crippen LogP contribution in [0.3, 0.4) is 0 Å².